The van der Waals surface area contributed by atoms with E-state index < -0.39 is 17.2 Å². The molecule has 0 saturated heterocycles. The van der Waals surface area contributed by atoms with Gasteiger partial charge in [-0.15, -0.1) is 28.1 Å². The summed E-state index contributed by atoms with van der Waals surface area (Å²) in [6.07, 6.45) is 6.50. The number of fused-ring (bicyclic) bond motifs is 1. The molecule has 0 spiro atoms. The molecule has 0 bridgehead atoms. The average Bonchev–Trinajstić information content (AvgIpc) is 3.24. The highest BCUT2D eigenvalue weighted by Gasteiger charge is 2.25. The van der Waals surface area contributed by atoms with E-state index in [1.807, 2.05) is 4.57 Å². The molecule has 2 aromatic rings. The summed E-state index contributed by atoms with van der Waals surface area (Å²) in [7, 11) is 0. The van der Waals surface area contributed by atoms with Crippen molar-refractivity contribution in [2.75, 3.05) is 0 Å². The van der Waals surface area contributed by atoms with E-state index in [1.54, 1.807) is 24.3 Å². The average molecular weight is 420 g/mol. The van der Waals surface area contributed by atoms with Gasteiger partial charge in [-0.25, -0.2) is 4.79 Å². The van der Waals surface area contributed by atoms with Crippen LogP contribution in [-0.4, -0.2) is 32.0 Å². The number of rotatable bonds is 7. The Morgan fingerprint density at radius 1 is 1.54 bits per heavy atom. The van der Waals surface area contributed by atoms with Gasteiger partial charge in [0, 0.05) is 11.4 Å². The number of urea groups is 1. The molecule has 7 nitrogen and oxygen atoms in total. The molecule has 0 radical (unpaired) electrons. The fourth-order valence-corrected chi connectivity index (χ4v) is 5.40. The summed E-state index contributed by atoms with van der Waals surface area (Å²) >= 11 is 3.02. The number of amides is 3. The van der Waals surface area contributed by atoms with Gasteiger partial charge in [-0.3, -0.25) is 14.7 Å². The fourth-order valence-electron chi connectivity index (χ4n) is 3.34. The molecule has 2 atom stereocenters. The molecule has 9 heteroatoms. The number of aromatic nitrogens is 3. The van der Waals surface area contributed by atoms with E-state index in [1.165, 1.54) is 35.0 Å². The zero-order valence-electron chi connectivity index (χ0n) is 16.1. The van der Waals surface area contributed by atoms with Gasteiger partial charge in [-0.05, 0) is 43.7 Å². The number of carbonyl (C=O) groups is 2. The van der Waals surface area contributed by atoms with Crippen LogP contribution >= 0.6 is 23.1 Å². The molecule has 0 saturated carbocycles. The van der Waals surface area contributed by atoms with Gasteiger partial charge in [0.25, 0.3) is 0 Å². The number of nitrogens with one attached hydrogen (secondary N) is 1. The Morgan fingerprint density at radius 3 is 3.00 bits per heavy atom. The maximum atomic E-state index is 12.0. The van der Waals surface area contributed by atoms with E-state index in [2.05, 4.69) is 35.1 Å². The number of imide groups is 1. The number of hydrogen-bond acceptors (Lipinski definition) is 6. The molecule has 0 fully saturated rings. The first-order valence-corrected chi connectivity index (χ1v) is 11.1. The summed E-state index contributed by atoms with van der Waals surface area (Å²) in [5, 5.41) is 10.9. The van der Waals surface area contributed by atoms with Gasteiger partial charge in [-0.2, -0.15) is 0 Å². The number of thioether (sulfide) groups is 1. The Hall–Kier alpha value is -2.13. The highest BCUT2D eigenvalue weighted by molar-refractivity contribution is 8.00. The lowest BCUT2D eigenvalue weighted by Gasteiger charge is -2.19. The second-order valence-electron chi connectivity index (χ2n) is 6.90. The molecule has 1 aliphatic rings. The van der Waals surface area contributed by atoms with Gasteiger partial charge in [0.05, 0.1) is 10.1 Å². The third kappa shape index (κ3) is 4.47. The van der Waals surface area contributed by atoms with Crippen LogP contribution in [0.1, 0.15) is 37.1 Å². The number of carbonyl (C=O) groups excluding carboxylic acids is 2. The molecule has 150 valence electrons. The van der Waals surface area contributed by atoms with Crippen LogP contribution in [0.25, 0.3) is 10.7 Å². The molecular formula is C19H25N5O2S2. The number of thiophene rings is 1. The van der Waals surface area contributed by atoms with Crippen LogP contribution in [-0.2, 0) is 24.2 Å². The normalized spacial score (nSPS) is 17.0. The van der Waals surface area contributed by atoms with E-state index in [0.29, 0.717) is 11.7 Å². The van der Waals surface area contributed by atoms with Crippen LogP contribution in [0, 0.1) is 5.92 Å². The molecule has 3 rings (SSSR count). The largest absolute Gasteiger partial charge is 0.351 e. The maximum absolute atomic E-state index is 12.0. The lowest BCUT2D eigenvalue weighted by Crippen LogP contribution is -2.39. The minimum Gasteiger partial charge on any atom is -0.351 e. The van der Waals surface area contributed by atoms with Gasteiger partial charge in [0.15, 0.2) is 11.0 Å². The summed E-state index contributed by atoms with van der Waals surface area (Å²) < 4.78 is 1.96. The molecule has 2 heterocycles. The van der Waals surface area contributed by atoms with Crippen molar-refractivity contribution in [1.82, 2.24) is 20.1 Å². The zero-order valence-corrected chi connectivity index (χ0v) is 17.7. The van der Waals surface area contributed by atoms with Gasteiger partial charge < -0.3 is 5.73 Å². The van der Waals surface area contributed by atoms with Crippen LogP contribution < -0.4 is 11.1 Å². The number of primary amides is 1. The van der Waals surface area contributed by atoms with E-state index in [-0.39, 0.29) is 0 Å². The predicted molar refractivity (Wildman–Crippen MR) is 112 cm³/mol. The third-order valence-corrected chi connectivity index (χ3v) is 7.22. The summed E-state index contributed by atoms with van der Waals surface area (Å²) in [4.78, 5) is 25.4. The number of nitrogens with zero attached hydrogens (tertiary/aromatic N) is 3. The Morgan fingerprint density at radius 2 is 2.32 bits per heavy atom. The standard InChI is InChI=1S/C19H25N5O2S2/c1-4-8-24-16(15-10-13-9-12(5-2)6-7-14(13)28-15)22-23-19(24)27-11(3)17(25)21-18(20)26/h4,10-12H,1,5-9H2,2-3H3,(H3,20,21,25,26)/t11-,12-/m1/s1. The van der Waals surface area contributed by atoms with Crippen molar-refractivity contribution in [3.8, 4) is 10.7 Å². The first-order valence-electron chi connectivity index (χ1n) is 9.35. The van der Waals surface area contributed by atoms with Gasteiger partial charge >= 0.3 is 6.03 Å². The van der Waals surface area contributed by atoms with Crippen molar-refractivity contribution in [2.45, 2.75) is 56.5 Å². The first kappa shape index (κ1) is 20.6. The second-order valence-corrected chi connectivity index (χ2v) is 9.34. The lowest BCUT2D eigenvalue weighted by molar-refractivity contribution is -0.119. The van der Waals surface area contributed by atoms with Crippen molar-refractivity contribution in [2.24, 2.45) is 11.7 Å². The Bertz CT molecular complexity index is 889. The van der Waals surface area contributed by atoms with Crippen LogP contribution in [0.5, 0.6) is 0 Å². The van der Waals surface area contributed by atoms with E-state index in [0.717, 1.165) is 29.5 Å². The maximum Gasteiger partial charge on any atom is 0.318 e. The van der Waals surface area contributed by atoms with Crippen LogP contribution in [0.15, 0.2) is 23.9 Å². The Labute approximate surface area is 172 Å². The van der Waals surface area contributed by atoms with Crippen LogP contribution in [0.4, 0.5) is 4.79 Å². The number of aryl methyl sites for hydroxylation is 1. The first-order chi connectivity index (χ1) is 13.4. The molecule has 3 N–H and O–H groups in total. The summed E-state index contributed by atoms with van der Waals surface area (Å²) in [6, 6.07) is 1.38. The molecule has 1 aliphatic carbocycles. The molecular weight excluding hydrogens is 394 g/mol. The van der Waals surface area contributed by atoms with Gasteiger partial charge in [0.2, 0.25) is 5.91 Å². The van der Waals surface area contributed by atoms with Crippen molar-refractivity contribution >= 4 is 35.0 Å². The van der Waals surface area contributed by atoms with Crippen molar-refractivity contribution in [3.63, 3.8) is 0 Å². The summed E-state index contributed by atoms with van der Waals surface area (Å²) in [5.41, 5.74) is 6.45. The van der Waals surface area contributed by atoms with E-state index in [9.17, 15) is 9.59 Å². The van der Waals surface area contributed by atoms with E-state index >= 15 is 0 Å². The second kappa shape index (κ2) is 8.91. The lowest BCUT2D eigenvalue weighted by atomic mass is 9.87. The molecule has 0 aromatic carbocycles. The summed E-state index contributed by atoms with van der Waals surface area (Å²) in [6.45, 7) is 8.32. The molecule has 2 aromatic heterocycles. The minimum absolute atomic E-state index is 0.454. The zero-order chi connectivity index (χ0) is 20.3. The Kier molecular flexibility index (Phi) is 6.56. The number of allylic oxidation sites excluding steroid dienone is 1. The fraction of sp³-hybridized carbons (Fsp3) is 0.474. The van der Waals surface area contributed by atoms with Gasteiger partial charge in [-0.1, -0.05) is 31.2 Å². The minimum atomic E-state index is -0.861. The monoisotopic (exact) mass is 419 g/mol. The van der Waals surface area contributed by atoms with E-state index in [4.69, 9.17) is 5.73 Å². The topological polar surface area (TPSA) is 103 Å². The van der Waals surface area contributed by atoms with Crippen molar-refractivity contribution < 1.29 is 9.59 Å². The van der Waals surface area contributed by atoms with Crippen LogP contribution in [0.2, 0.25) is 0 Å². The van der Waals surface area contributed by atoms with Crippen molar-refractivity contribution in [3.05, 3.63) is 29.2 Å². The smallest absolute Gasteiger partial charge is 0.318 e. The molecule has 0 aliphatic heterocycles. The summed E-state index contributed by atoms with van der Waals surface area (Å²) in [5.74, 6) is 1.10. The van der Waals surface area contributed by atoms with Gasteiger partial charge in [0.1, 0.15) is 0 Å². The molecule has 3 amide bonds. The van der Waals surface area contributed by atoms with Crippen LogP contribution in [0.3, 0.4) is 0 Å². The molecule has 0 unspecified atom stereocenters. The third-order valence-electron chi connectivity index (χ3n) is 4.91. The Balaban J connectivity index is 1.85. The quantitative estimate of drug-likeness (QED) is 0.529. The number of hydrogen-bond donors (Lipinski definition) is 2. The van der Waals surface area contributed by atoms with Crippen molar-refractivity contribution in [1.29, 1.82) is 0 Å². The highest BCUT2D eigenvalue weighted by Crippen LogP contribution is 2.38. The molecule has 28 heavy (non-hydrogen) atoms. The number of nitrogens with two attached hydrogens (primary N) is 1. The SMILES string of the molecule is C=CCn1c(S[C@H](C)C(=O)NC(N)=O)nnc1-c1cc2c(s1)CC[C@@H](CC)C2. The predicted octanol–water partition coefficient (Wildman–Crippen LogP) is 3.38. The highest BCUT2D eigenvalue weighted by atomic mass is 32.2.